The van der Waals surface area contributed by atoms with Gasteiger partial charge in [0.05, 0.1) is 17.3 Å². The van der Waals surface area contributed by atoms with Gasteiger partial charge in [-0.05, 0) is 37.7 Å². The molecule has 8 heteroatoms. The minimum atomic E-state index is -4.54. The van der Waals surface area contributed by atoms with E-state index >= 15 is 0 Å². The molecule has 0 fully saturated rings. The number of hydrogen-bond donors (Lipinski definition) is 1. The SMILES string of the molecule is CCN(CC1COc2ccccc2O1)C(C)C(=O)Nc1ccccc1C(F)(F)F. The zero-order valence-electron chi connectivity index (χ0n) is 16.2. The minimum Gasteiger partial charge on any atom is -0.486 e. The molecule has 2 aromatic carbocycles. The van der Waals surface area contributed by atoms with Crippen LogP contribution < -0.4 is 14.8 Å². The lowest BCUT2D eigenvalue weighted by Crippen LogP contribution is -2.48. The van der Waals surface area contributed by atoms with Crippen LogP contribution in [-0.4, -0.2) is 42.6 Å². The lowest BCUT2D eigenvalue weighted by molar-refractivity contribution is -0.137. The van der Waals surface area contributed by atoms with Crippen molar-refractivity contribution in [3.8, 4) is 11.5 Å². The van der Waals surface area contributed by atoms with Crippen LogP contribution in [0.5, 0.6) is 11.5 Å². The maximum absolute atomic E-state index is 13.2. The Hall–Kier alpha value is -2.74. The number of hydrogen-bond acceptors (Lipinski definition) is 4. The number of carbonyl (C=O) groups is 1. The maximum Gasteiger partial charge on any atom is 0.418 e. The van der Waals surface area contributed by atoms with Crippen LogP contribution in [0.3, 0.4) is 0 Å². The van der Waals surface area contributed by atoms with Crippen molar-refractivity contribution in [2.75, 3.05) is 25.0 Å². The van der Waals surface area contributed by atoms with Crippen molar-refractivity contribution in [1.82, 2.24) is 4.90 Å². The number of anilines is 1. The fourth-order valence-electron chi connectivity index (χ4n) is 3.22. The van der Waals surface area contributed by atoms with Gasteiger partial charge in [-0.3, -0.25) is 9.69 Å². The molecule has 156 valence electrons. The molecule has 2 aromatic rings. The van der Waals surface area contributed by atoms with Crippen molar-refractivity contribution in [3.05, 3.63) is 54.1 Å². The van der Waals surface area contributed by atoms with E-state index in [4.69, 9.17) is 9.47 Å². The summed E-state index contributed by atoms with van der Waals surface area (Å²) in [5.41, 5.74) is -1.12. The molecule has 2 atom stereocenters. The Bertz CT molecular complexity index is 857. The first-order chi connectivity index (χ1) is 13.8. The summed E-state index contributed by atoms with van der Waals surface area (Å²) in [6, 6.07) is 11.6. The fraction of sp³-hybridized carbons (Fsp3) is 0.381. The molecule has 0 radical (unpaired) electrons. The Morgan fingerprint density at radius 2 is 1.83 bits per heavy atom. The molecule has 0 bridgehead atoms. The topological polar surface area (TPSA) is 50.8 Å². The zero-order valence-corrected chi connectivity index (χ0v) is 16.2. The second-order valence-corrected chi connectivity index (χ2v) is 6.79. The number of amides is 1. The van der Waals surface area contributed by atoms with E-state index in [-0.39, 0.29) is 11.8 Å². The normalized spacial score (nSPS) is 17.1. The summed E-state index contributed by atoms with van der Waals surface area (Å²) in [4.78, 5) is 14.5. The first-order valence-corrected chi connectivity index (χ1v) is 9.39. The molecular formula is C21H23F3N2O3. The highest BCUT2D eigenvalue weighted by molar-refractivity contribution is 5.95. The van der Waals surface area contributed by atoms with Crippen LogP contribution in [0.2, 0.25) is 0 Å². The largest absolute Gasteiger partial charge is 0.486 e. The molecular weight excluding hydrogens is 385 g/mol. The summed E-state index contributed by atoms with van der Waals surface area (Å²) >= 11 is 0. The highest BCUT2D eigenvalue weighted by atomic mass is 19.4. The standard InChI is InChI=1S/C21H23F3N2O3/c1-3-26(12-15-13-28-18-10-6-7-11-19(18)29-15)14(2)20(27)25-17-9-5-4-8-16(17)21(22,23)24/h4-11,14-15H,3,12-13H2,1-2H3,(H,25,27). The van der Waals surface area contributed by atoms with Gasteiger partial charge in [-0.1, -0.05) is 31.2 Å². The number of para-hydroxylation sites is 3. The van der Waals surface area contributed by atoms with Gasteiger partial charge in [-0.25, -0.2) is 0 Å². The molecule has 1 aliphatic heterocycles. The van der Waals surface area contributed by atoms with Gasteiger partial charge in [0.1, 0.15) is 12.7 Å². The van der Waals surface area contributed by atoms with E-state index in [1.807, 2.05) is 36.1 Å². The van der Waals surface area contributed by atoms with Crippen molar-refractivity contribution in [1.29, 1.82) is 0 Å². The Balaban J connectivity index is 1.66. The molecule has 5 nitrogen and oxygen atoms in total. The molecule has 1 N–H and O–H groups in total. The molecule has 1 heterocycles. The Labute approximate surface area is 167 Å². The number of nitrogens with one attached hydrogen (secondary N) is 1. The second-order valence-electron chi connectivity index (χ2n) is 6.79. The van der Waals surface area contributed by atoms with E-state index in [9.17, 15) is 18.0 Å². The monoisotopic (exact) mass is 408 g/mol. The van der Waals surface area contributed by atoms with Gasteiger partial charge in [0.2, 0.25) is 5.91 Å². The molecule has 3 rings (SSSR count). The molecule has 1 amide bonds. The van der Waals surface area contributed by atoms with Crippen LogP contribution in [-0.2, 0) is 11.0 Å². The Kier molecular flexibility index (Phi) is 6.32. The quantitative estimate of drug-likeness (QED) is 0.779. The number of nitrogens with zero attached hydrogens (tertiary/aromatic N) is 1. The Morgan fingerprint density at radius 1 is 1.17 bits per heavy atom. The molecule has 0 spiro atoms. The zero-order chi connectivity index (χ0) is 21.0. The number of alkyl halides is 3. The summed E-state index contributed by atoms with van der Waals surface area (Å²) in [5, 5.41) is 2.41. The lowest BCUT2D eigenvalue weighted by atomic mass is 10.1. The van der Waals surface area contributed by atoms with Crippen molar-refractivity contribution in [2.45, 2.75) is 32.2 Å². The van der Waals surface area contributed by atoms with Crippen molar-refractivity contribution in [3.63, 3.8) is 0 Å². The number of likely N-dealkylation sites (N-methyl/N-ethyl adjacent to an activating group) is 1. The van der Waals surface area contributed by atoms with Gasteiger partial charge in [0.15, 0.2) is 11.5 Å². The van der Waals surface area contributed by atoms with Gasteiger partial charge in [0, 0.05) is 6.54 Å². The average molecular weight is 408 g/mol. The van der Waals surface area contributed by atoms with E-state index in [1.54, 1.807) is 6.92 Å². The van der Waals surface area contributed by atoms with E-state index in [2.05, 4.69) is 5.32 Å². The lowest BCUT2D eigenvalue weighted by Gasteiger charge is -2.33. The van der Waals surface area contributed by atoms with Gasteiger partial charge < -0.3 is 14.8 Å². The predicted molar refractivity (Wildman–Crippen MR) is 103 cm³/mol. The third kappa shape index (κ3) is 5.00. The highest BCUT2D eigenvalue weighted by Gasteiger charge is 2.34. The predicted octanol–water partition coefficient (Wildman–Crippen LogP) is 4.19. The number of carbonyl (C=O) groups excluding carboxylic acids is 1. The summed E-state index contributed by atoms with van der Waals surface area (Å²) in [6.07, 6.45) is -4.83. The first kappa shape index (κ1) is 21.0. The number of benzene rings is 2. The van der Waals surface area contributed by atoms with E-state index < -0.39 is 23.7 Å². The van der Waals surface area contributed by atoms with Crippen LogP contribution in [0.4, 0.5) is 18.9 Å². The van der Waals surface area contributed by atoms with E-state index in [0.717, 1.165) is 6.07 Å². The maximum atomic E-state index is 13.2. The van der Waals surface area contributed by atoms with Gasteiger partial charge >= 0.3 is 6.18 Å². The van der Waals surface area contributed by atoms with Crippen LogP contribution in [0.25, 0.3) is 0 Å². The molecule has 0 saturated carbocycles. The first-order valence-electron chi connectivity index (χ1n) is 9.39. The third-order valence-corrected chi connectivity index (χ3v) is 4.83. The number of rotatable bonds is 6. The van der Waals surface area contributed by atoms with E-state index in [1.165, 1.54) is 18.2 Å². The van der Waals surface area contributed by atoms with Crippen molar-refractivity contribution in [2.24, 2.45) is 0 Å². The van der Waals surface area contributed by atoms with E-state index in [0.29, 0.717) is 31.2 Å². The second kappa shape index (κ2) is 8.73. The number of fused-ring (bicyclic) bond motifs is 1. The van der Waals surface area contributed by atoms with Gasteiger partial charge in [0.25, 0.3) is 0 Å². The van der Waals surface area contributed by atoms with Crippen LogP contribution in [0.1, 0.15) is 19.4 Å². The summed E-state index contributed by atoms with van der Waals surface area (Å²) < 4.78 is 51.1. The molecule has 0 aliphatic carbocycles. The van der Waals surface area contributed by atoms with Crippen LogP contribution in [0, 0.1) is 0 Å². The minimum absolute atomic E-state index is 0.251. The summed E-state index contributed by atoms with van der Waals surface area (Å²) in [7, 11) is 0. The summed E-state index contributed by atoms with van der Waals surface area (Å²) in [5.74, 6) is 0.790. The molecule has 2 unspecified atom stereocenters. The fourth-order valence-corrected chi connectivity index (χ4v) is 3.22. The molecule has 1 aliphatic rings. The summed E-state index contributed by atoms with van der Waals surface area (Å²) in [6.45, 7) is 4.80. The Morgan fingerprint density at radius 3 is 2.52 bits per heavy atom. The van der Waals surface area contributed by atoms with Gasteiger partial charge in [-0.2, -0.15) is 13.2 Å². The van der Waals surface area contributed by atoms with Gasteiger partial charge in [-0.15, -0.1) is 0 Å². The van der Waals surface area contributed by atoms with Crippen molar-refractivity contribution < 1.29 is 27.4 Å². The van der Waals surface area contributed by atoms with Crippen LogP contribution in [0.15, 0.2) is 48.5 Å². The van der Waals surface area contributed by atoms with Crippen molar-refractivity contribution >= 4 is 11.6 Å². The average Bonchev–Trinajstić information content (AvgIpc) is 2.71. The third-order valence-electron chi connectivity index (χ3n) is 4.83. The smallest absolute Gasteiger partial charge is 0.418 e. The molecule has 0 aromatic heterocycles. The number of ether oxygens (including phenoxy) is 2. The highest BCUT2D eigenvalue weighted by Crippen LogP contribution is 2.35. The number of halogens is 3. The molecule has 0 saturated heterocycles. The van der Waals surface area contributed by atoms with Crippen LogP contribution >= 0.6 is 0 Å². The molecule has 29 heavy (non-hydrogen) atoms.